The highest BCUT2D eigenvalue weighted by Gasteiger charge is 2.38. The molecule has 10 heteroatoms. The predicted octanol–water partition coefficient (Wildman–Crippen LogP) is 5.12. The molecule has 1 fully saturated rings. The van der Waals surface area contributed by atoms with E-state index in [-0.39, 0.29) is 17.6 Å². The number of hydrogen-bond acceptors (Lipinski definition) is 6. The lowest BCUT2D eigenvalue weighted by molar-refractivity contribution is -0.144. The number of carboxylic acids is 1. The van der Waals surface area contributed by atoms with Gasteiger partial charge in [0, 0.05) is 29.8 Å². The maximum absolute atomic E-state index is 14.1. The van der Waals surface area contributed by atoms with Crippen molar-refractivity contribution in [3.8, 4) is 22.5 Å². The number of tetrazole rings is 1. The zero-order valence-corrected chi connectivity index (χ0v) is 23.2. The summed E-state index contributed by atoms with van der Waals surface area (Å²) in [4.78, 5) is 30.9. The standard InChI is InChI=1S/C30H37N7O3/c1-3-5-9-24-19-37(27-20(4-2)8-6-7-10-26(27)29(38)39)30(40)36(24)18-23-17-31-16-15-25(23)21-11-13-22(14-12-21)28-32-34-35-33-28/h11-17,19-20,26-27H,3-10,18H2,1-2H3,(H,38,39)(H,32,33,34,35). The Hall–Kier alpha value is -4.08. The molecule has 4 aromatic rings. The Labute approximate surface area is 233 Å². The summed E-state index contributed by atoms with van der Waals surface area (Å²) in [7, 11) is 0. The Bertz CT molecular complexity index is 1470. The number of hydrogen-bond donors (Lipinski definition) is 2. The summed E-state index contributed by atoms with van der Waals surface area (Å²) < 4.78 is 3.60. The van der Waals surface area contributed by atoms with Crippen LogP contribution in [0, 0.1) is 11.8 Å². The zero-order valence-electron chi connectivity index (χ0n) is 23.2. The fourth-order valence-electron chi connectivity index (χ4n) is 6.16. The molecule has 0 aliphatic heterocycles. The minimum Gasteiger partial charge on any atom is -0.481 e. The van der Waals surface area contributed by atoms with Gasteiger partial charge >= 0.3 is 11.7 Å². The number of H-pyrrole nitrogens is 1. The number of nitrogens with one attached hydrogen (secondary N) is 1. The van der Waals surface area contributed by atoms with E-state index in [9.17, 15) is 14.7 Å². The summed E-state index contributed by atoms with van der Waals surface area (Å²) >= 11 is 0. The third-order valence-corrected chi connectivity index (χ3v) is 8.32. The van der Waals surface area contributed by atoms with Crippen LogP contribution < -0.4 is 5.69 Å². The molecule has 0 amide bonds. The van der Waals surface area contributed by atoms with E-state index < -0.39 is 11.9 Å². The fraction of sp³-hybridized carbons (Fsp3) is 0.467. The Morgan fingerprint density at radius 3 is 2.58 bits per heavy atom. The molecule has 210 valence electrons. The van der Waals surface area contributed by atoms with E-state index in [1.807, 2.05) is 47.3 Å². The molecule has 1 aliphatic rings. The van der Waals surface area contributed by atoms with Crippen molar-refractivity contribution in [2.45, 2.75) is 77.8 Å². The number of rotatable bonds is 10. The number of carboxylic acid groups (broad SMARTS) is 1. The van der Waals surface area contributed by atoms with Crippen LogP contribution in [-0.4, -0.2) is 45.8 Å². The van der Waals surface area contributed by atoms with Gasteiger partial charge in [0.15, 0.2) is 5.82 Å². The molecule has 0 radical (unpaired) electrons. The van der Waals surface area contributed by atoms with Crippen LogP contribution in [0.2, 0.25) is 0 Å². The van der Waals surface area contributed by atoms with Crippen molar-refractivity contribution in [3.63, 3.8) is 0 Å². The lowest BCUT2D eigenvalue weighted by atomic mass is 9.85. The largest absolute Gasteiger partial charge is 0.481 e. The van der Waals surface area contributed by atoms with Crippen LogP contribution in [0.4, 0.5) is 0 Å². The molecule has 0 saturated heterocycles. The second kappa shape index (κ2) is 12.4. The molecular formula is C30H37N7O3. The van der Waals surface area contributed by atoms with E-state index in [1.54, 1.807) is 10.8 Å². The van der Waals surface area contributed by atoms with Crippen LogP contribution >= 0.6 is 0 Å². The molecule has 0 bridgehead atoms. The summed E-state index contributed by atoms with van der Waals surface area (Å²) in [6.45, 7) is 4.60. The maximum Gasteiger partial charge on any atom is 0.328 e. The SMILES string of the molecule is CCCCc1cn(C2C(CC)CCCCC2C(=O)O)c(=O)n1Cc1cnccc1-c1ccc(-c2nnn[nH]2)cc1. The van der Waals surface area contributed by atoms with Gasteiger partial charge in [0.1, 0.15) is 0 Å². The number of unbranched alkanes of at least 4 members (excludes halogenated alkanes) is 1. The van der Waals surface area contributed by atoms with E-state index in [0.29, 0.717) is 18.8 Å². The zero-order chi connectivity index (χ0) is 28.1. The van der Waals surface area contributed by atoms with Crippen molar-refractivity contribution in [3.05, 3.63) is 70.7 Å². The molecule has 3 aromatic heterocycles. The van der Waals surface area contributed by atoms with Gasteiger partial charge in [0.25, 0.3) is 0 Å². The minimum absolute atomic E-state index is 0.134. The van der Waals surface area contributed by atoms with Gasteiger partial charge in [-0.15, -0.1) is 5.10 Å². The van der Waals surface area contributed by atoms with Gasteiger partial charge < -0.3 is 5.11 Å². The molecule has 1 saturated carbocycles. The van der Waals surface area contributed by atoms with Crippen LogP contribution in [0.5, 0.6) is 0 Å². The molecule has 3 heterocycles. The van der Waals surface area contributed by atoms with E-state index in [2.05, 4.69) is 39.5 Å². The first-order valence-electron chi connectivity index (χ1n) is 14.3. The van der Waals surface area contributed by atoms with E-state index >= 15 is 0 Å². The molecule has 1 aromatic carbocycles. The van der Waals surface area contributed by atoms with Crippen molar-refractivity contribution in [1.82, 2.24) is 34.7 Å². The van der Waals surface area contributed by atoms with E-state index in [1.165, 1.54) is 0 Å². The molecular weight excluding hydrogens is 506 g/mol. The fourth-order valence-corrected chi connectivity index (χ4v) is 6.16. The van der Waals surface area contributed by atoms with E-state index in [0.717, 1.165) is 72.9 Å². The monoisotopic (exact) mass is 543 g/mol. The first-order valence-corrected chi connectivity index (χ1v) is 14.3. The van der Waals surface area contributed by atoms with Crippen LogP contribution in [0.3, 0.4) is 0 Å². The van der Waals surface area contributed by atoms with Gasteiger partial charge in [-0.2, -0.15) is 0 Å². The number of imidazole rings is 1. The lowest BCUT2D eigenvalue weighted by Crippen LogP contribution is -2.37. The van der Waals surface area contributed by atoms with Gasteiger partial charge in [0.2, 0.25) is 0 Å². The highest BCUT2D eigenvalue weighted by Crippen LogP contribution is 2.39. The number of pyridine rings is 1. The number of nitrogens with zero attached hydrogens (tertiary/aromatic N) is 6. The molecule has 3 unspecified atom stereocenters. The minimum atomic E-state index is -0.806. The summed E-state index contributed by atoms with van der Waals surface area (Å²) in [5, 5.41) is 24.2. The summed E-state index contributed by atoms with van der Waals surface area (Å²) in [5.41, 5.74) is 4.60. The second-order valence-corrected chi connectivity index (χ2v) is 10.7. The van der Waals surface area contributed by atoms with Gasteiger partial charge in [-0.25, -0.2) is 9.89 Å². The second-order valence-electron chi connectivity index (χ2n) is 10.7. The Kier molecular flexibility index (Phi) is 8.52. The highest BCUT2D eigenvalue weighted by atomic mass is 16.4. The van der Waals surface area contributed by atoms with Gasteiger partial charge in [-0.1, -0.05) is 63.8 Å². The third-order valence-electron chi connectivity index (χ3n) is 8.32. The average molecular weight is 544 g/mol. The van der Waals surface area contributed by atoms with Gasteiger partial charge in [-0.05, 0) is 64.8 Å². The predicted molar refractivity (Wildman–Crippen MR) is 152 cm³/mol. The molecule has 5 rings (SSSR count). The van der Waals surface area contributed by atoms with Crippen molar-refractivity contribution >= 4 is 5.97 Å². The Morgan fingerprint density at radius 2 is 1.88 bits per heavy atom. The van der Waals surface area contributed by atoms with Gasteiger partial charge in [0.05, 0.1) is 18.5 Å². The molecule has 40 heavy (non-hydrogen) atoms. The summed E-state index contributed by atoms with van der Waals surface area (Å²) in [6.07, 6.45) is 12.5. The summed E-state index contributed by atoms with van der Waals surface area (Å²) in [5.74, 6) is -0.618. The number of aromatic amines is 1. The number of aliphatic carboxylic acids is 1. The molecule has 3 atom stereocenters. The number of benzene rings is 1. The topological polar surface area (TPSA) is 132 Å². The van der Waals surface area contributed by atoms with Crippen molar-refractivity contribution < 1.29 is 9.90 Å². The lowest BCUT2D eigenvalue weighted by Gasteiger charge is -2.29. The number of aryl methyl sites for hydroxylation is 1. The van der Waals surface area contributed by atoms with Crippen molar-refractivity contribution in [1.29, 1.82) is 0 Å². The Balaban J connectivity index is 1.54. The van der Waals surface area contributed by atoms with E-state index in [4.69, 9.17) is 0 Å². The molecule has 1 aliphatic carbocycles. The molecule has 0 spiro atoms. The molecule has 10 nitrogen and oxygen atoms in total. The van der Waals surface area contributed by atoms with Crippen LogP contribution in [-0.2, 0) is 17.8 Å². The quantitative estimate of drug-likeness (QED) is 0.265. The Morgan fingerprint density at radius 1 is 1.10 bits per heavy atom. The average Bonchev–Trinajstić information content (AvgIpc) is 3.55. The molecule has 2 N–H and O–H groups in total. The van der Waals surface area contributed by atoms with Crippen molar-refractivity contribution in [2.75, 3.05) is 0 Å². The van der Waals surface area contributed by atoms with Gasteiger partial charge in [-0.3, -0.25) is 18.9 Å². The van der Waals surface area contributed by atoms with Crippen LogP contribution in [0.1, 0.15) is 76.1 Å². The smallest absolute Gasteiger partial charge is 0.328 e. The van der Waals surface area contributed by atoms with Crippen LogP contribution in [0.25, 0.3) is 22.5 Å². The third kappa shape index (κ3) is 5.61. The highest BCUT2D eigenvalue weighted by molar-refractivity contribution is 5.71. The van der Waals surface area contributed by atoms with Crippen molar-refractivity contribution in [2.24, 2.45) is 11.8 Å². The van der Waals surface area contributed by atoms with Crippen LogP contribution in [0.15, 0.2) is 53.7 Å². The normalized spacial score (nSPS) is 19.4. The first kappa shape index (κ1) is 27.5. The number of aromatic nitrogens is 7. The first-order chi connectivity index (χ1) is 19.5. The summed E-state index contributed by atoms with van der Waals surface area (Å²) in [6, 6.07) is 9.56. The maximum atomic E-state index is 14.1. The number of carbonyl (C=O) groups is 1.